The number of carbonyl (C=O) groups excluding carboxylic acids is 3. The Morgan fingerprint density at radius 3 is 2.27 bits per heavy atom. The zero-order chi connectivity index (χ0) is 18.5. The van der Waals surface area contributed by atoms with E-state index in [4.69, 9.17) is 0 Å². The number of urea groups is 1. The summed E-state index contributed by atoms with van der Waals surface area (Å²) < 4.78 is 0. The van der Waals surface area contributed by atoms with Gasteiger partial charge in [0.15, 0.2) is 0 Å². The second kappa shape index (κ2) is 8.84. The predicted octanol–water partition coefficient (Wildman–Crippen LogP) is 1.48. The van der Waals surface area contributed by atoms with Gasteiger partial charge in [0, 0.05) is 38.6 Å². The summed E-state index contributed by atoms with van der Waals surface area (Å²) >= 11 is 0. The van der Waals surface area contributed by atoms with Crippen LogP contribution in [-0.4, -0.2) is 65.9 Å². The van der Waals surface area contributed by atoms with E-state index in [0.29, 0.717) is 32.6 Å². The Morgan fingerprint density at radius 1 is 1.00 bits per heavy atom. The summed E-state index contributed by atoms with van der Waals surface area (Å²) in [6.45, 7) is 4.49. The number of hydrogen-bond donors (Lipinski definition) is 2. The van der Waals surface area contributed by atoms with Crippen LogP contribution in [0.1, 0.15) is 58.3 Å². The van der Waals surface area contributed by atoms with Gasteiger partial charge in [-0.3, -0.25) is 19.8 Å². The maximum atomic E-state index is 12.4. The van der Waals surface area contributed by atoms with E-state index in [0.717, 1.165) is 25.2 Å². The average molecular weight is 364 g/mol. The second-order valence-corrected chi connectivity index (χ2v) is 8.02. The number of piperazine rings is 1. The van der Waals surface area contributed by atoms with E-state index in [-0.39, 0.29) is 23.9 Å². The summed E-state index contributed by atoms with van der Waals surface area (Å²) in [7, 11) is 0. The molecule has 0 unspecified atom stereocenters. The van der Waals surface area contributed by atoms with E-state index >= 15 is 0 Å². The van der Waals surface area contributed by atoms with E-state index in [2.05, 4.69) is 10.6 Å². The highest BCUT2D eigenvalue weighted by atomic mass is 16.2. The Morgan fingerprint density at radius 2 is 1.65 bits per heavy atom. The van der Waals surface area contributed by atoms with Crippen molar-refractivity contribution in [3.05, 3.63) is 0 Å². The largest absolute Gasteiger partial charge is 0.340 e. The summed E-state index contributed by atoms with van der Waals surface area (Å²) in [6, 6.07) is -0.530. The Labute approximate surface area is 155 Å². The maximum absolute atomic E-state index is 12.4. The molecule has 2 saturated carbocycles. The third-order valence-corrected chi connectivity index (χ3v) is 5.98. The zero-order valence-electron chi connectivity index (χ0n) is 15.8. The van der Waals surface area contributed by atoms with Crippen LogP contribution in [0.3, 0.4) is 0 Å². The van der Waals surface area contributed by atoms with Crippen LogP contribution in [0.25, 0.3) is 0 Å². The molecule has 7 nitrogen and oxygen atoms in total. The van der Waals surface area contributed by atoms with Gasteiger partial charge in [-0.15, -0.1) is 0 Å². The SMILES string of the molecule is C[C@H](C(=O)NC(=O)NC1CC1)N1CCN(C(=O)CCC2CCCC2)CC1. The molecule has 4 amide bonds. The smallest absolute Gasteiger partial charge is 0.321 e. The monoisotopic (exact) mass is 364 g/mol. The quantitative estimate of drug-likeness (QED) is 0.748. The average Bonchev–Trinajstić information content (AvgIpc) is 3.29. The van der Waals surface area contributed by atoms with Gasteiger partial charge in [-0.25, -0.2) is 4.79 Å². The molecule has 3 rings (SSSR count). The molecular formula is C19H32N4O3. The minimum absolute atomic E-state index is 0.233. The van der Waals surface area contributed by atoms with Crippen LogP contribution >= 0.6 is 0 Å². The van der Waals surface area contributed by atoms with Crippen molar-refractivity contribution in [2.75, 3.05) is 26.2 Å². The van der Waals surface area contributed by atoms with Crippen LogP contribution in [0, 0.1) is 5.92 Å². The topological polar surface area (TPSA) is 81.8 Å². The number of rotatable bonds is 6. The molecule has 3 fully saturated rings. The summed E-state index contributed by atoms with van der Waals surface area (Å²) in [5, 5.41) is 5.18. The fourth-order valence-electron chi connectivity index (χ4n) is 3.97. The van der Waals surface area contributed by atoms with Gasteiger partial charge in [0.1, 0.15) is 0 Å². The highest BCUT2D eigenvalue weighted by molar-refractivity contribution is 5.97. The van der Waals surface area contributed by atoms with E-state index in [1.807, 2.05) is 16.7 Å². The third kappa shape index (κ3) is 5.43. The van der Waals surface area contributed by atoms with Gasteiger partial charge in [0.2, 0.25) is 11.8 Å². The fraction of sp³-hybridized carbons (Fsp3) is 0.842. The maximum Gasteiger partial charge on any atom is 0.321 e. The molecule has 1 saturated heterocycles. The van der Waals surface area contributed by atoms with Crippen molar-refractivity contribution >= 4 is 17.8 Å². The van der Waals surface area contributed by atoms with Gasteiger partial charge in [0.25, 0.3) is 0 Å². The number of nitrogens with one attached hydrogen (secondary N) is 2. The molecule has 2 aliphatic carbocycles. The normalized spacial score (nSPS) is 22.9. The number of carbonyl (C=O) groups is 3. The van der Waals surface area contributed by atoms with Crippen molar-refractivity contribution < 1.29 is 14.4 Å². The lowest BCUT2D eigenvalue weighted by atomic mass is 10.0. The molecule has 1 heterocycles. The van der Waals surface area contributed by atoms with Crippen LogP contribution in [0.2, 0.25) is 0 Å². The molecule has 0 bridgehead atoms. The van der Waals surface area contributed by atoms with Crippen LogP contribution in [0.5, 0.6) is 0 Å². The van der Waals surface area contributed by atoms with Crippen molar-refractivity contribution in [1.82, 2.24) is 20.4 Å². The van der Waals surface area contributed by atoms with Crippen LogP contribution in [0.15, 0.2) is 0 Å². The molecule has 1 aliphatic heterocycles. The highest BCUT2D eigenvalue weighted by Crippen LogP contribution is 2.28. The highest BCUT2D eigenvalue weighted by Gasteiger charge is 2.30. The van der Waals surface area contributed by atoms with Crippen molar-refractivity contribution in [3.63, 3.8) is 0 Å². The number of nitrogens with zero attached hydrogens (tertiary/aromatic N) is 2. The van der Waals surface area contributed by atoms with Gasteiger partial charge in [-0.1, -0.05) is 25.7 Å². The van der Waals surface area contributed by atoms with Crippen LogP contribution in [-0.2, 0) is 9.59 Å². The van der Waals surface area contributed by atoms with Crippen molar-refractivity contribution in [3.8, 4) is 0 Å². The first-order chi connectivity index (χ1) is 12.5. The molecule has 0 spiro atoms. The number of amides is 4. The summed E-state index contributed by atoms with van der Waals surface area (Å²) in [5.74, 6) is 0.715. The van der Waals surface area contributed by atoms with Crippen molar-refractivity contribution in [2.45, 2.75) is 70.4 Å². The molecule has 0 aromatic heterocycles. The first-order valence-electron chi connectivity index (χ1n) is 10.2. The van der Waals surface area contributed by atoms with E-state index in [1.165, 1.54) is 25.7 Å². The molecular weight excluding hydrogens is 332 g/mol. The number of imide groups is 1. The van der Waals surface area contributed by atoms with Crippen molar-refractivity contribution in [2.24, 2.45) is 5.92 Å². The van der Waals surface area contributed by atoms with E-state index < -0.39 is 6.03 Å². The Balaban J connectivity index is 1.35. The standard InChI is InChI=1S/C19H32N4O3/c1-14(18(25)21-19(26)20-16-7-8-16)22-10-12-23(13-11-22)17(24)9-6-15-4-2-3-5-15/h14-16H,2-13H2,1H3,(H2,20,21,25,26)/t14-/m1/s1. The molecule has 0 radical (unpaired) electrons. The van der Waals surface area contributed by atoms with E-state index in [9.17, 15) is 14.4 Å². The molecule has 0 aromatic rings. The van der Waals surface area contributed by atoms with E-state index in [1.54, 1.807) is 0 Å². The molecule has 1 atom stereocenters. The first-order valence-corrected chi connectivity index (χ1v) is 10.2. The molecule has 7 heteroatoms. The second-order valence-electron chi connectivity index (χ2n) is 8.02. The minimum atomic E-state index is -0.398. The molecule has 26 heavy (non-hydrogen) atoms. The molecule has 0 aromatic carbocycles. The Hall–Kier alpha value is -1.63. The summed E-state index contributed by atoms with van der Waals surface area (Å²) in [5.41, 5.74) is 0. The first kappa shape index (κ1) is 19.1. The Bertz CT molecular complexity index is 521. The lowest BCUT2D eigenvalue weighted by Gasteiger charge is -2.37. The summed E-state index contributed by atoms with van der Waals surface area (Å²) in [6.07, 6.45) is 8.86. The fourth-order valence-corrected chi connectivity index (χ4v) is 3.97. The minimum Gasteiger partial charge on any atom is -0.340 e. The van der Waals surface area contributed by atoms with Gasteiger partial charge < -0.3 is 10.2 Å². The summed E-state index contributed by atoms with van der Waals surface area (Å²) in [4.78, 5) is 40.3. The Kier molecular flexibility index (Phi) is 6.51. The third-order valence-electron chi connectivity index (χ3n) is 5.98. The van der Waals surface area contributed by atoms with Crippen LogP contribution < -0.4 is 10.6 Å². The van der Waals surface area contributed by atoms with Gasteiger partial charge in [0.05, 0.1) is 6.04 Å². The molecule has 146 valence electrons. The van der Waals surface area contributed by atoms with Crippen molar-refractivity contribution in [1.29, 1.82) is 0 Å². The molecule has 2 N–H and O–H groups in total. The number of hydrogen-bond acceptors (Lipinski definition) is 4. The lowest BCUT2D eigenvalue weighted by molar-refractivity contribution is -0.134. The zero-order valence-corrected chi connectivity index (χ0v) is 15.8. The van der Waals surface area contributed by atoms with Crippen LogP contribution in [0.4, 0.5) is 4.79 Å². The van der Waals surface area contributed by atoms with Gasteiger partial charge in [-0.2, -0.15) is 0 Å². The lowest BCUT2D eigenvalue weighted by Crippen LogP contribution is -2.56. The van der Waals surface area contributed by atoms with Gasteiger partial charge in [-0.05, 0) is 32.1 Å². The predicted molar refractivity (Wildman–Crippen MR) is 98.5 cm³/mol. The molecule has 3 aliphatic rings. The van der Waals surface area contributed by atoms with Gasteiger partial charge >= 0.3 is 6.03 Å².